The van der Waals surface area contributed by atoms with Crippen molar-refractivity contribution in [3.05, 3.63) is 96.2 Å². The number of hydrogen-bond acceptors (Lipinski definition) is 5. The van der Waals surface area contributed by atoms with Gasteiger partial charge in [-0.2, -0.15) is 0 Å². The predicted molar refractivity (Wildman–Crippen MR) is 138 cm³/mol. The van der Waals surface area contributed by atoms with E-state index in [9.17, 15) is 14.7 Å². The van der Waals surface area contributed by atoms with Crippen molar-refractivity contribution in [1.82, 2.24) is 4.90 Å². The van der Waals surface area contributed by atoms with Crippen molar-refractivity contribution in [3.8, 4) is 16.9 Å². The molecule has 35 heavy (non-hydrogen) atoms. The molecule has 3 aromatic rings. The predicted octanol–water partition coefficient (Wildman–Crippen LogP) is 5.73. The van der Waals surface area contributed by atoms with Crippen molar-refractivity contribution >= 4 is 17.4 Å². The molecule has 6 heteroatoms. The van der Waals surface area contributed by atoms with Gasteiger partial charge < -0.3 is 15.2 Å². The third-order valence-corrected chi connectivity index (χ3v) is 6.08. The van der Waals surface area contributed by atoms with Crippen LogP contribution >= 0.6 is 0 Å². The van der Waals surface area contributed by atoms with Gasteiger partial charge in [0.2, 0.25) is 0 Å². The number of ketones is 1. The Morgan fingerprint density at radius 3 is 2.31 bits per heavy atom. The molecule has 2 N–H and O–H groups in total. The summed E-state index contributed by atoms with van der Waals surface area (Å²) in [6.07, 6.45) is 2.50. The van der Waals surface area contributed by atoms with E-state index in [4.69, 9.17) is 4.74 Å². The average Bonchev–Trinajstić information content (AvgIpc) is 3.39. The third-order valence-electron chi connectivity index (χ3n) is 6.08. The summed E-state index contributed by atoms with van der Waals surface area (Å²) in [7, 11) is 0. The van der Waals surface area contributed by atoms with Crippen LogP contribution in [-0.4, -0.2) is 48.0 Å². The molecule has 0 bridgehead atoms. The van der Waals surface area contributed by atoms with E-state index in [0.717, 1.165) is 30.8 Å². The maximum atomic E-state index is 12.7. The van der Waals surface area contributed by atoms with E-state index in [1.54, 1.807) is 12.1 Å². The van der Waals surface area contributed by atoms with Gasteiger partial charge in [-0.1, -0.05) is 61.2 Å². The summed E-state index contributed by atoms with van der Waals surface area (Å²) in [5.41, 5.74) is 3.85. The van der Waals surface area contributed by atoms with Crippen molar-refractivity contribution in [1.29, 1.82) is 0 Å². The highest BCUT2D eigenvalue weighted by Gasteiger charge is 2.16. The zero-order valence-corrected chi connectivity index (χ0v) is 19.7. The summed E-state index contributed by atoms with van der Waals surface area (Å²) < 4.78 is 5.76. The Bertz CT molecular complexity index is 1180. The molecular weight excluding hydrogens is 440 g/mol. The minimum atomic E-state index is -1.06. The smallest absolute Gasteiger partial charge is 0.339 e. The van der Waals surface area contributed by atoms with Gasteiger partial charge >= 0.3 is 5.97 Å². The molecule has 0 amide bonds. The monoisotopic (exact) mass is 470 g/mol. The molecule has 0 unspecified atom stereocenters. The fourth-order valence-corrected chi connectivity index (χ4v) is 4.22. The van der Waals surface area contributed by atoms with E-state index in [-0.39, 0.29) is 17.8 Å². The first-order valence-electron chi connectivity index (χ1n) is 11.9. The highest BCUT2D eigenvalue weighted by molar-refractivity contribution is 5.98. The Labute approximate surface area is 205 Å². The number of aromatic carboxylic acids is 1. The molecule has 0 aliphatic carbocycles. The highest BCUT2D eigenvalue weighted by atomic mass is 16.5. The number of carboxylic acid groups (broad SMARTS) is 1. The van der Waals surface area contributed by atoms with Crippen molar-refractivity contribution in [3.63, 3.8) is 0 Å². The molecule has 0 radical (unpaired) electrons. The largest absolute Gasteiger partial charge is 0.491 e. The first-order valence-corrected chi connectivity index (χ1v) is 11.9. The number of nitrogens with one attached hydrogen (secondary N) is 1. The van der Waals surface area contributed by atoms with Crippen LogP contribution in [0.15, 0.2) is 85.1 Å². The second-order valence-corrected chi connectivity index (χ2v) is 8.69. The molecule has 4 rings (SSSR count). The van der Waals surface area contributed by atoms with Gasteiger partial charge in [-0.15, -0.1) is 0 Å². The minimum Gasteiger partial charge on any atom is -0.491 e. The van der Waals surface area contributed by atoms with E-state index >= 15 is 0 Å². The lowest BCUT2D eigenvalue weighted by atomic mass is 10.0. The Morgan fingerprint density at radius 1 is 0.943 bits per heavy atom. The number of carbonyl (C=O) groups is 2. The first-order chi connectivity index (χ1) is 17.0. The van der Waals surface area contributed by atoms with Crippen LogP contribution in [0.25, 0.3) is 11.1 Å². The standard InChI is InChI=1S/C29H30N2O4/c1-21(19-27(32)24-11-9-23(10-12-24)22-7-3-2-4-8-22)30-25-13-14-28(26(20-25)29(33)34)35-18-17-31-15-5-6-16-31/h2-4,7-14,20,30H,1,5-6,15-19H2,(H,33,34). The van der Waals surface area contributed by atoms with Gasteiger partial charge in [0, 0.05) is 23.5 Å². The fraction of sp³-hybridized carbons (Fsp3) is 0.241. The Morgan fingerprint density at radius 2 is 1.63 bits per heavy atom. The van der Waals surface area contributed by atoms with Crippen molar-refractivity contribution in [2.75, 3.05) is 31.6 Å². The normalized spacial score (nSPS) is 13.4. The van der Waals surface area contributed by atoms with Gasteiger partial charge in [0.1, 0.15) is 17.9 Å². The number of rotatable bonds is 11. The summed E-state index contributed by atoms with van der Waals surface area (Å²) in [6.45, 7) is 7.31. The second-order valence-electron chi connectivity index (χ2n) is 8.69. The number of hydrogen-bond donors (Lipinski definition) is 2. The minimum absolute atomic E-state index is 0.0672. The zero-order valence-electron chi connectivity index (χ0n) is 19.7. The molecule has 1 aliphatic rings. The SMILES string of the molecule is C=C(CC(=O)c1ccc(-c2ccccc2)cc1)Nc1ccc(OCCN2CCCC2)c(C(=O)O)c1. The molecule has 6 nitrogen and oxygen atoms in total. The number of anilines is 1. The average molecular weight is 471 g/mol. The van der Waals surface area contributed by atoms with Crippen molar-refractivity contribution < 1.29 is 19.4 Å². The zero-order chi connectivity index (χ0) is 24.6. The highest BCUT2D eigenvalue weighted by Crippen LogP contribution is 2.25. The second kappa shape index (κ2) is 11.5. The first kappa shape index (κ1) is 24.2. The lowest BCUT2D eigenvalue weighted by Gasteiger charge is -2.16. The van der Waals surface area contributed by atoms with Gasteiger partial charge in [0.15, 0.2) is 5.78 Å². The number of likely N-dealkylation sites (tertiary alicyclic amines) is 1. The fourth-order valence-electron chi connectivity index (χ4n) is 4.22. The topological polar surface area (TPSA) is 78.9 Å². The molecule has 0 atom stereocenters. The van der Waals surface area contributed by atoms with Gasteiger partial charge in [0.05, 0.1) is 6.42 Å². The quantitative estimate of drug-likeness (QED) is 0.349. The molecule has 0 aromatic heterocycles. The Balaban J connectivity index is 1.34. The van der Waals surface area contributed by atoms with E-state index in [1.807, 2.05) is 54.6 Å². The Kier molecular flexibility index (Phi) is 7.95. The number of allylic oxidation sites excluding steroid dienone is 1. The van der Waals surface area contributed by atoms with Gasteiger partial charge in [-0.25, -0.2) is 4.79 Å². The van der Waals surface area contributed by atoms with Gasteiger partial charge in [-0.3, -0.25) is 9.69 Å². The molecule has 3 aromatic carbocycles. The van der Waals surface area contributed by atoms with E-state index in [2.05, 4.69) is 16.8 Å². The van der Waals surface area contributed by atoms with E-state index in [1.165, 1.54) is 18.9 Å². The number of benzene rings is 3. The van der Waals surface area contributed by atoms with E-state index in [0.29, 0.717) is 29.3 Å². The maximum absolute atomic E-state index is 12.7. The van der Waals surface area contributed by atoms with Crippen LogP contribution < -0.4 is 10.1 Å². The molecule has 1 heterocycles. The van der Waals surface area contributed by atoms with Crippen molar-refractivity contribution in [2.24, 2.45) is 0 Å². The Hall–Kier alpha value is -3.90. The number of carbonyl (C=O) groups excluding carboxylic acids is 1. The molecule has 0 spiro atoms. The number of Topliss-reactive ketones (excluding diaryl/α,β-unsaturated/α-hetero) is 1. The van der Waals surface area contributed by atoms with Gasteiger partial charge in [-0.05, 0) is 55.3 Å². The van der Waals surface area contributed by atoms with Crippen LogP contribution in [0.3, 0.4) is 0 Å². The molecule has 180 valence electrons. The summed E-state index contributed by atoms with van der Waals surface area (Å²) >= 11 is 0. The molecule has 0 saturated carbocycles. The molecule has 1 saturated heterocycles. The third kappa shape index (κ3) is 6.58. The number of nitrogens with zero attached hydrogens (tertiary/aromatic N) is 1. The lowest BCUT2D eigenvalue weighted by Crippen LogP contribution is -2.25. The van der Waals surface area contributed by atoms with Crippen LogP contribution in [0.2, 0.25) is 0 Å². The summed E-state index contributed by atoms with van der Waals surface area (Å²) in [4.78, 5) is 26.8. The molecule has 1 fully saturated rings. The lowest BCUT2D eigenvalue weighted by molar-refractivity contribution is 0.0691. The van der Waals surface area contributed by atoms with E-state index < -0.39 is 5.97 Å². The van der Waals surface area contributed by atoms with Crippen LogP contribution in [-0.2, 0) is 0 Å². The summed E-state index contributed by atoms with van der Waals surface area (Å²) in [5.74, 6) is -0.796. The molecular formula is C29H30N2O4. The van der Waals surface area contributed by atoms with Crippen molar-refractivity contribution in [2.45, 2.75) is 19.3 Å². The van der Waals surface area contributed by atoms with Crippen LogP contribution in [0.5, 0.6) is 5.75 Å². The maximum Gasteiger partial charge on any atom is 0.339 e. The number of ether oxygens (including phenoxy) is 1. The van der Waals surface area contributed by atoms with Gasteiger partial charge in [0.25, 0.3) is 0 Å². The van der Waals surface area contributed by atoms with Crippen LogP contribution in [0.4, 0.5) is 5.69 Å². The molecule has 1 aliphatic heterocycles. The summed E-state index contributed by atoms with van der Waals surface area (Å²) in [6, 6.07) is 22.4. The number of carboxylic acids is 1. The summed E-state index contributed by atoms with van der Waals surface area (Å²) in [5, 5.41) is 12.7. The van der Waals surface area contributed by atoms with Crippen LogP contribution in [0, 0.1) is 0 Å². The van der Waals surface area contributed by atoms with Crippen LogP contribution in [0.1, 0.15) is 40.0 Å².